The second-order valence-corrected chi connectivity index (χ2v) is 5.89. The molecule has 1 amide bonds. The Morgan fingerprint density at radius 1 is 1.12 bits per heavy atom. The molecule has 2 atom stereocenters. The van der Waals surface area contributed by atoms with Gasteiger partial charge in [0, 0.05) is 6.92 Å². The van der Waals surface area contributed by atoms with E-state index in [4.69, 9.17) is 4.74 Å². The zero-order valence-corrected chi connectivity index (χ0v) is 12.0. The third-order valence-electron chi connectivity index (χ3n) is 2.69. The van der Waals surface area contributed by atoms with Crippen LogP contribution in [-0.2, 0) is 14.3 Å². The fraction of sp³-hybridized carbons (Fsp3) is 0.846. The lowest BCUT2D eigenvalue weighted by molar-refractivity contribution is -0.157. The van der Waals surface area contributed by atoms with Gasteiger partial charge < -0.3 is 10.1 Å². The first-order valence-corrected chi connectivity index (χ1v) is 6.03. The van der Waals surface area contributed by atoms with E-state index in [0.717, 1.165) is 0 Å². The van der Waals surface area contributed by atoms with Crippen molar-refractivity contribution < 1.29 is 14.3 Å². The maximum atomic E-state index is 12.0. The highest BCUT2D eigenvalue weighted by molar-refractivity contribution is 5.84. The molecule has 0 saturated carbocycles. The molecule has 0 heterocycles. The number of nitrogens with one attached hydrogen (secondary N) is 1. The standard InChI is InChI=1S/C13H25NO3/c1-8(2)9(3)17-12(16)11(13(5,6)7)14-10(4)15/h8-9,11H,1-7H3,(H,14,15)/t9-,11+/m0/s1. The summed E-state index contributed by atoms with van der Waals surface area (Å²) < 4.78 is 5.35. The Bertz CT molecular complexity index is 279. The molecule has 0 radical (unpaired) electrons. The highest BCUT2D eigenvalue weighted by atomic mass is 16.5. The molecule has 17 heavy (non-hydrogen) atoms. The van der Waals surface area contributed by atoms with Crippen LogP contribution in [0.25, 0.3) is 0 Å². The number of ether oxygens (including phenoxy) is 1. The second-order valence-electron chi connectivity index (χ2n) is 5.89. The molecular weight excluding hydrogens is 218 g/mol. The van der Waals surface area contributed by atoms with Crippen LogP contribution in [-0.4, -0.2) is 24.0 Å². The predicted octanol–water partition coefficient (Wildman–Crippen LogP) is 2.12. The minimum Gasteiger partial charge on any atom is -0.461 e. The van der Waals surface area contributed by atoms with Crippen molar-refractivity contribution in [3.63, 3.8) is 0 Å². The van der Waals surface area contributed by atoms with Gasteiger partial charge in [-0.1, -0.05) is 34.6 Å². The number of amides is 1. The van der Waals surface area contributed by atoms with Crippen LogP contribution < -0.4 is 5.32 Å². The van der Waals surface area contributed by atoms with Crippen molar-refractivity contribution in [3.05, 3.63) is 0 Å². The van der Waals surface area contributed by atoms with E-state index in [1.807, 2.05) is 41.5 Å². The van der Waals surface area contributed by atoms with Crippen LogP contribution in [0, 0.1) is 11.3 Å². The van der Waals surface area contributed by atoms with Gasteiger partial charge in [0.05, 0.1) is 0 Å². The highest BCUT2D eigenvalue weighted by Crippen LogP contribution is 2.21. The Hall–Kier alpha value is -1.06. The normalized spacial score (nSPS) is 15.3. The molecule has 0 aromatic carbocycles. The van der Waals surface area contributed by atoms with E-state index in [9.17, 15) is 9.59 Å². The van der Waals surface area contributed by atoms with Crippen molar-refractivity contribution in [2.75, 3.05) is 0 Å². The number of hydrogen-bond donors (Lipinski definition) is 1. The van der Waals surface area contributed by atoms with E-state index < -0.39 is 6.04 Å². The van der Waals surface area contributed by atoms with Gasteiger partial charge in [-0.05, 0) is 18.3 Å². The van der Waals surface area contributed by atoms with Gasteiger partial charge in [0.25, 0.3) is 0 Å². The molecule has 0 aromatic rings. The third-order valence-corrected chi connectivity index (χ3v) is 2.69. The van der Waals surface area contributed by atoms with E-state index in [1.54, 1.807) is 0 Å². The van der Waals surface area contributed by atoms with Gasteiger partial charge >= 0.3 is 5.97 Å². The molecule has 1 N–H and O–H groups in total. The summed E-state index contributed by atoms with van der Waals surface area (Å²) in [7, 11) is 0. The Morgan fingerprint density at radius 3 is 1.88 bits per heavy atom. The quantitative estimate of drug-likeness (QED) is 0.769. The number of esters is 1. The fourth-order valence-electron chi connectivity index (χ4n) is 1.22. The maximum Gasteiger partial charge on any atom is 0.329 e. The summed E-state index contributed by atoms with van der Waals surface area (Å²) in [5.41, 5.74) is -0.362. The summed E-state index contributed by atoms with van der Waals surface area (Å²) in [6.45, 7) is 12.9. The van der Waals surface area contributed by atoms with Crippen LogP contribution in [0.15, 0.2) is 0 Å². The van der Waals surface area contributed by atoms with Crippen molar-refractivity contribution in [2.45, 2.75) is 60.6 Å². The summed E-state index contributed by atoms with van der Waals surface area (Å²) in [6.07, 6.45) is -0.152. The van der Waals surface area contributed by atoms with E-state index in [0.29, 0.717) is 0 Å². The van der Waals surface area contributed by atoms with E-state index in [1.165, 1.54) is 6.92 Å². The van der Waals surface area contributed by atoms with Gasteiger partial charge in [-0.15, -0.1) is 0 Å². The van der Waals surface area contributed by atoms with Crippen LogP contribution in [0.2, 0.25) is 0 Å². The second kappa shape index (κ2) is 6.03. The lowest BCUT2D eigenvalue weighted by atomic mass is 9.86. The number of hydrogen-bond acceptors (Lipinski definition) is 3. The molecule has 0 spiro atoms. The molecule has 4 heteroatoms. The summed E-state index contributed by atoms with van der Waals surface area (Å²) in [5, 5.41) is 2.65. The van der Waals surface area contributed by atoms with Crippen molar-refractivity contribution >= 4 is 11.9 Å². The zero-order chi connectivity index (χ0) is 13.8. The Balaban J connectivity index is 4.71. The average molecular weight is 243 g/mol. The van der Waals surface area contributed by atoms with Gasteiger partial charge in [0.2, 0.25) is 5.91 Å². The lowest BCUT2D eigenvalue weighted by Crippen LogP contribution is -2.50. The SMILES string of the molecule is CC(=O)N[C@H](C(=O)O[C@@H](C)C(C)C)C(C)(C)C. The Morgan fingerprint density at radius 2 is 1.59 bits per heavy atom. The highest BCUT2D eigenvalue weighted by Gasteiger charge is 2.34. The maximum absolute atomic E-state index is 12.0. The largest absolute Gasteiger partial charge is 0.461 e. The molecule has 0 aromatic heterocycles. The molecule has 100 valence electrons. The number of rotatable bonds is 4. The Labute approximate surface area is 104 Å². The van der Waals surface area contributed by atoms with Gasteiger partial charge in [0.15, 0.2) is 0 Å². The topological polar surface area (TPSA) is 55.4 Å². The molecule has 0 bridgehead atoms. The molecule has 4 nitrogen and oxygen atoms in total. The van der Waals surface area contributed by atoms with Crippen LogP contribution in [0.3, 0.4) is 0 Å². The van der Waals surface area contributed by atoms with Crippen LogP contribution in [0.4, 0.5) is 0 Å². The average Bonchev–Trinajstić information content (AvgIpc) is 2.11. The lowest BCUT2D eigenvalue weighted by Gasteiger charge is -2.30. The number of carbonyl (C=O) groups is 2. The first kappa shape index (κ1) is 15.9. The Kier molecular flexibility index (Phi) is 5.66. The zero-order valence-electron chi connectivity index (χ0n) is 12.0. The molecule has 0 fully saturated rings. The van der Waals surface area contributed by atoms with Gasteiger partial charge in [-0.2, -0.15) is 0 Å². The van der Waals surface area contributed by atoms with Crippen molar-refractivity contribution in [1.29, 1.82) is 0 Å². The van der Waals surface area contributed by atoms with Gasteiger partial charge in [-0.25, -0.2) is 4.79 Å². The summed E-state index contributed by atoms with van der Waals surface area (Å²) >= 11 is 0. The van der Waals surface area contributed by atoms with Gasteiger partial charge in [-0.3, -0.25) is 4.79 Å². The predicted molar refractivity (Wildman–Crippen MR) is 67.5 cm³/mol. The smallest absolute Gasteiger partial charge is 0.329 e. The monoisotopic (exact) mass is 243 g/mol. The van der Waals surface area contributed by atoms with Crippen molar-refractivity contribution in [1.82, 2.24) is 5.32 Å². The third kappa shape index (κ3) is 5.71. The van der Waals surface area contributed by atoms with E-state index in [2.05, 4.69) is 5.32 Å². The van der Waals surface area contributed by atoms with E-state index in [-0.39, 0.29) is 29.3 Å². The molecule has 0 aliphatic rings. The first-order chi connectivity index (χ1) is 7.55. The van der Waals surface area contributed by atoms with Crippen molar-refractivity contribution in [3.8, 4) is 0 Å². The molecule has 0 saturated heterocycles. The molecule has 0 unspecified atom stereocenters. The summed E-state index contributed by atoms with van der Waals surface area (Å²) in [5.74, 6) is -0.329. The minimum absolute atomic E-state index is 0.152. The summed E-state index contributed by atoms with van der Waals surface area (Å²) in [4.78, 5) is 23.1. The van der Waals surface area contributed by atoms with Gasteiger partial charge in [0.1, 0.15) is 12.1 Å². The summed E-state index contributed by atoms with van der Waals surface area (Å²) in [6, 6.07) is -0.610. The van der Waals surface area contributed by atoms with Crippen LogP contribution in [0.1, 0.15) is 48.5 Å². The van der Waals surface area contributed by atoms with Crippen LogP contribution >= 0.6 is 0 Å². The first-order valence-electron chi connectivity index (χ1n) is 6.03. The fourth-order valence-corrected chi connectivity index (χ4v) is 1.22. The molecule has 0 aliphatic carbocycles. The van der Waals surface area contributed by atoms with Crippen molar-refractivity contribution in [2.24, 2.45) is 11.3 Å². The van der Waals surface area contributed by atoms with E-state index >= 15 is 0 Å². The number of carbonyl (C=O) groups excluding carboxylic acids is 2. The molecule has 0 aliphatic heterocycles. The molecular formula is C13H25NO3. The molecule has 0 rings (SSSR count). The minimum atomic E-state index is -0.610. The van der Waals surface area contributed by atoms with Crippen LogP contribution in [0.5, 0.6) is 0 Å².